The fourth-order valence-corrected chi connectivity index (χ4v) is 1.70. The Morgan fingerprint density at radius 3 is 2.89 bits per heavy atom. The van der Waals surface area contributed by atoms with Crippen molar-refractivity contribution in [2.45, 2.75) is 6.54 Å². The van der Waals surface area contributed by atoms with Gasteiger partial charge >= 0.3 is 0 Å². The first-order chi connectivity index (χ1) is 9.19. The number of halogens is 1. The van der Waals surface area contributed by atoms with Crippen LogP contribution in [0.2, 0.25) is 0 Å². The van der Waals surface area contributed by atoms with Crippen molar-refractivity contribution in [2.75, 3.05) is 7.11 Å². The van der Waals surface area contributed by atoms with Crippen LogP contribution in [0.3, 0.4) is 0 Å². The third-order valence-corrected chi connectivity index (χ3v) is 2.92. The van der Waals surface area contributed by atoms with Gasteiger partial charge in [-0.3, -0.25) is 4.79 Å². The summed E-state index contributed by atoms with van der Waals surface area (Å²) in [5.41, 5.74) is 1.44. The normalized spacial score (nSPS) is 10.0. The Balaban J connectivity index is 1.98. The highest BCUT2D eigenvalue weighted by molar-refractivity contribution is 9.10. The Morgan fingerprint density at radius 2 is 2.21 bits per heavy atom. The third-order valence-electron chi connectivity index (χ3n) is 2.45. The lowest BCUT2D eigenvalue weighted by atomic mass is 10.2. The van der Waals surface area contributed by atoms with Crippen molar-refractivity contribution in [3.05, 3.63) is 52.4 Å². The number of hydrogen-bond acceptors (Lipinski definition) is 4. The second kappa shape index (κ2) is 6.29. The standard InChI is InChI=1S/C13H12BrN3O2/c1-19-12-6-9(4-5-15-12)7-17-13(18)10-2-3-11(14)16-8-10/h2-6,8H,7H2,1H3,(H,17,18). The molecule has 0 aliphatic heterocycles. The van der Waals surface area contributed by atoms with Gasteiger partial charge < -0.3 is 10.1 Å². The molecule has 6 heteroatoms. The largest absolute Gasteiger partial charge is 0.481 e. The van der Waals surface area contributed by atoms with Crippen molar-refractivity contribution in [3.63, 3.8) is 0 Å². The van der Waals surface area contributed by atoms with Crippen LogP contribution in [0.25, 0.3) is 0 Å². The van der Waals surface area contributed by atoms with Gasteiger partial charge in [0, 0.05) is 25.0 Å². The summed E-state index contributed by atoms with van der Waals surface area (Å²) < 4.78 is 5.72. The number of amides is 1. The first-order valence-electron chi connectivity index (χ1n) is 5.57. The van der Waals surface area contributed by atoms with Crippen molar-refractivity contribution in [3.8, 4) is 5.88 Å². The monoisotopic (exact) mass is 321 g/mol. The molecule has 2 heterocycles. The van der Waals surface area contributed by atoms with Gasteiger partial charge in [0.05, 0.1) is 12.7 Å². The van der Waals surface area contributed by atoms with Crippen LogP contribution in [0.1, 0.15) is 15.9 Å². The number of rotatable bonds is 4. The fraction of sp³-hybridized carbons (Fsp3) is 0.154. The zero-order valence-corrected chi connectivity index (χ0v) is 11.8. The van der Waals surface area contributed by atoms with Crippen LogP contribution in [0.4, 0.5) is 0 Å². The molecule has 1 N–H and O–H groups in total. The van der Waals surface area contributed by atoms with E-state index in [0.29, 0.717) is 22.6 Å². The minimum absolute atomic E-state index is 0.171. The summed E-state index contributed by atoms with van der Waals surface area (Å²) >= 11 is 3.22. The first kappa shape index (κ1) is 13.5. The van der Waals surface area contributed by atoms with Crippen LogP contribution in [0, 0.1) is 0 Å². The summed E-state index contributed by atoms with van der Waals surface area (Å²) in [6.45, 7) is 0.410. The summed E-state index contributed by atoms with van der Waals surface area (Å²) in [6.07, 6.45) is 3.16. The quantitative estimate of drug-likeness (QED) is 0.877. The van der Waals surface area contributed by atoms with Crippen LogP contribution in [-0.2, 0) is 6.54 Å². The van der Waals surface area contributed by atoms with Gasteiger partial charge in [-0.05, 0) is 39.7 Å². The molecule has 0 saturated heterocycles. The molecule has 0 unspecified atom stereocenters. The molecule has 0 aliphatic rings. The second-order valence-corrected chi connectivity index (χ2v) is 4.57. The van der Waals surface area contributed by atoms with E-state index in [0.717, 1.165) is 5.56 Å². The molecule has 0 saturated carbocycles. The van der Waals surface area contributed by atoms with Crippen molar-refractivity contribution in [1.82, 2.24) is 15.3 Å². The Labute approximate surface area is 119 Å². The maximum absolute atomic E-state index is 11.9. The number of hydrogen-bond donors (Lipinski definition) is 1. The molecule has 2 aromatic heterocycles. The van der Waals surface area contributed by atoms with Crippen LogP contribution < -0.4 is 10.1 Å². The molecule has 0 fully saturated rings. The summed E-state index contributed by atoms with van der Waals surface area (Å²) in [5.74, 6) is 0.354. The fourth-order valence-electron chi connectivity index (χ4n) is 1.47. The highest BCUT2D eigenvalue weighted by Crippen LogP contribution is 2.09. The molecule has 0 atom stereocenters. The summed E-state index contributed by atoms with van der Waals surface area (Å²) in [7, 11) is 1.55. The van der Waals surface area contributed by atoms with Crippen LogP contribution in [0.15, 0.2) is 41.3 Å². The van der Waals surface area contributed by atoms with E-state index in [1.54, 1.807) is 31.5 Å². The number of pyridine rings is 2. The van der Waals surface area contributed by atoms with Crippen LogP contribution in [0.5, 0.6) is 5.88 Å². The number of methoxy groups -OCH3 is 1. The summed E-state index contributed by atoms with van der Waals surface area (Å²) in [6, 6.07) is 7.03. The van der Waals surface area contributed by atoms with Gasteiger partial charge in [-0.15, -0.1) is 0 Å². The minimum Gasteiger partial charge on any atom is -0.481 e. The van der Waals surface area contributed by atoms with Gasteiger partial charge in [0.1, 0.15) is 4.60 Å². The van der Waals surface area contributed by atoms with Gasteiger partial charge in [-0.25, -0.2) is 9.97 Å². The van der Waals surface area contributed by atoms with E-state index in [1.165, 1.54) is 6.20 Å². The molecular formula is C13H12BrN3O2. The molecule has 0 bridgehead atoms. The second-order valence-electron chi connectivity index (χ2n) is 3.76. The van der Waals surface area contributed by atoms with Crippen molar-refractivity contribution < 1.29 is 9.53 Å². The summed E-state index contributed by atoms with van der Waals surface area (Å²) in [5, 5.41) is 2.81. The molecule has 0 spiro atoms. The molecule has 1 amide bonds. The average molecular weight is 322 g/mol. The number of aromatic nitrogens is 2. The molecule has 0 aromatic carbocycles. The van der Waals surface area contributed by atoms with Gasteiger partial charge in [0.25, 0.3) is 5.91 Å². The summed E-state index contributed by atoms with van der Waals surface area (Å²) in [4.78, 5) is 19.9. The first-order valence-corrected chi connectivity index (χ1v) is 6.37. The van der Waals surface area contributed by atoms with Crippen molar-refractivity contribution in [2.24, 2.45) is 0 Å². The van der Waals surface area contributed by atoms with E-state index in [2.05, 4.69) is 31.2 Å². The lowest BCUT2D eigenvalue weighted by Crippen LogP contribution is -2.22. The van der Waals surface area contributed by atoms with Crippen LogP contribution >= 0.6 is 15.9 Å². The zero-order chi connectivity index (χ0) is 13.7. The molecule has 0 aliphatic carbocycles. The lowest BCUT2D eigenvalue weighted by molar-refractivity contribution is 0.0950. The average Bonchev–Trinajstić information content (AvgIpc) is 2.46. The maximum Gasteiger partial charge on any atom is 0.253 e. The highest BCUT2D eigenvalue weighted by Gasteiger charge is 2.06. The Kier molecular flexibility index (Phi) is 4.46. The van der Waals surface area contributed by atoms with Crippen molar-refractivity contribution in [1.29, 1.82) is 0 Å². The number of carbonyl (C=O) groups is 1. The van der Waals surface area contributed by atoms with E-state index < -0.39 is 0 Å². The smallest absolute Gasteiger partial charge is 0.253 e. The predicted octanol–water partition coefficient (Wildman–Crippen LogP) is 2.18. The van der Waals surface area contributed by atoms with Gasteiger partial charge in [0.2, 0.25) is 5.88 Å². The van der Waals surface area contributed by atoms with Crippen molar-refractivity contribution >= 4 is 21.8 Å². The van der Waals surface area contributed by atoms with E-state index in [4.69, 9.17) is 4.74 Å². The highest BCUT2D eigenvalue weighted by atomic mass is 79.9. The molecule has 0 radical (unpaired) electrons. The number of nitrogens with zero attached hydrogens (tertiary/aromatic N) is 2. The van der Waals surface area contributed by atoms with E-state index in [9.17, 15) is 4.79 Å². The Morgan fingerprint density at radius 1 is 1.37 bits per heavy atom. The molecular weight excluding hydrogens is 310 g/mol. The van der Waals surface area contributed by atoms with Gasteiger partial charge in [-0.2, -0.15) is 0 Å². The molecule has 98 valence electrons. The molecule has 19 heavy (non-hydrogen) atoms. The zero-order valence-electron chi connectivity index (χ0n) is 10.3. The lowest BCUT2D eigenvalue weighted by Gasteiger charge is -2.06. The number of nitrogens with one attached hydrogen (secondary N) is 1. The van der Waals surface area contributed by atoms with Crippen LogP contribution in [-0.4, -0.2) is 23.0 Å². The third kappa shape index (κ3) is 3.75. The molecule has 2 aromatic rings. The minimum atomic E-state index is -0.171. The van der Waals surface area contributed by atoms with E-state index in [-0.39, 0.29) is 5.91 Å². The predicted molar refractivity (Wildman–Crippen MR) is 73.9 cm³/mol. The Hall–Kier alpha value is -1.95. The number of ether oxygens (including phenoxy) is 1. The van der Waals surface area contributed by atoms with Gasteiger partial charge in [0.15, 0.2) is 0 Å². The molecule has 2 rings (SSSR count). The topological polar surface area (TPSA) is 64.1 Å². The SMILES string of the molecule is COc1cc(CNC(=O)c2ccc(Br)nc2)ccn1. The Bertz CT molecular complexity index is 572. The number of carbonyl (C=O) groups excluding carboxylic acids is 1. The maximum atomic E-state index is 11.9. The van der Waals surface area contributed by atoms with Gasteiger partial charge in [-0.1, -0.05) is 0 Å². The molecule has 5 nitrogen and oxygen atoms in total. The van der Waals surface area contributed by atoms with E-state index in [1.807, 2.05) is 6.07 Å². The van der Waals surface area contributed by atoms with E-state index >= 15 is 0 Å².